The molecule has 0 spiro atoms. The van der Waals surface area contributed by atoms with Gasteiger partial charge in [0.05, 0.1) is 0 Å². The van der Waals surface area contributed by atoms with Crippen molar-refractivity contribution in [2.75, 3.05) is 13.6 Å². The van der Waals surface area contributed by atoms with E-state index in [1.54, 1.807) is 0 Å². The van der Waals surface area contributed by atoms with Crippen LogP contribution in [0.1, 0.15) is 58.8 Å². The summed E-state index contributed by atoms with van der Waals surface area (Å²) in [6.45, 7) is 5.50. The average Bonchev–Trinajstić information content (AvgIpc) is 2.77. The predicted octanol–water partition coefficient (Wildman–Crippen LogP) is 3.59. The Morgan fingerprint density at radius 1 is 1.00 bits per heavy atom. The lowest BCUT2D eigenvalue weighted by Crippen LogP contribution is -2.49. The van der Waals surface area contributed by atoms with Gasteiger partial charge in [-0.2, -0.15) is 0 Å². The van der Waals surface area contributed by atoms with Crippen molar-refractivity contribution >= 4 is 11.7 Å². The second kappa shape index (κ2) is 4.94. The molecule has 1 amide bonds. The minimum atomic E-state index is -0.0456. The molecule has 3 aliphatic carbocycles. The van der Waals surface area contributed by atoms with E-state index in [1.807, 2.05) is 18.0 Å². The lowest BCUT2D eigenvalue weighted by atomic mass is 9.48. The fourth-order valence-corrected chi connectivity index (χ4v) is 6.45. The van der Waals surface area contributed by atoms with Crippen LogP contribution in [0.5, 0.6) is 0 Å². The SMILES string of the molecule is CN1CC[C@@]2(C)C(=CC1=O)CC[C@@H]1[C@@H]2CC[C@]2(C)C(=O)CC[C@@H]12. The third kappa shape index (κ3) is 2.01. The van der Waals surface area contributed by atoms with Crippen LogP contribution in [0.4, 0.5) is 0 Å². The van der Waals surface area contributed by atoms with Gasteiger partial charge in [-0.25, -0.2) is 0 Å². The fraction of sp³-hybridized carbons (Fsp3) is 0.800. The summed E-state index contributed by atoms with van der Waals surface area (Å²) in [6, 6.07) is 0. The molecule has 4 aliphatic rings. The number of hydrogen-bond acceptors (Lipinski definition) is 2. The highest BCUT2D eigenvalue weighted by Crippen LogP contribution is 2.63. The standard InChI is InChI=1S/C20H29NO2/c1-19-10-11-21(3)18(23)12-13(19)4-5-14-15-6-7-17(22)20(15,2)9-8-16(14)19/h12,14-16H,4-11H2,1-3H3/t14-,15-,16-,19-,20-/m0/s1. The highest BCUT2D eigenvalue weighted by molar-refractivity contribution is 5.89. The number of rotatable bonds is 0. The largest absolute Gasteiger partial charge is 0.342 e. The molecule has 0 radical (unpaired) electrons. The Kier molecular flexibility index (Phi) is 3.31. The molecule has 0 N–H and O–H groups in total. The number of allylic oxidation sites excluding steroid dienone is 1. The predicted molar refractivity (Wildman–Crippen MR) is 89.7 cm³/mol. The quantitative estimate of drug-likeness (QED) is 0.685. The summed E-state index contributed by atoms with van der Waals surface area (Å²) in [5.74, 6) is 2.62. The molecule has 1 heterocycles. The van der Waals surface area contributed by atoms with Gasteiger partial charge in [-0.3, -0.25) is 9.59 Å². The van der Waals surface area contributed by atoms with Crippen LogP contribution in [0.15, 0.2) is 11.6 Å². The van der Waals surface area contributed by atoms with Crippen LogP contribution in [-0.2, 0) is 9.59 Å². The Morgan fingerprint density at radius 2 is 1.74 bits per heavy atom. The van der Waals surface area contributed by atoms with E-state index in [4.69, 9.17) is 0 Å². The number of carbonyl (C=O) groups is 2. The summed E-state index contributed by atoms with van der Waals surface area (Å²) in [4.78, 5) is 26.6. The second-order valence-electron chi connectivity index (χ2n) is 8.93. The number of carbonyl (C=O) groups excluding carboxylic acids is 2. The van der Waals surface area contributed by atoms with E-state index >= 15 is 0 Å². The Hall–Kier alpha value is -1.12. The number of likely N-dealkylation sites (N-methyl/N-ethyl adjacent to an activating group) is 1. The first-order chi connectivity index (χ1) is 10.9. The number of fused-ring (bicyclic) bond motifs is 5. The van der Waals surface area contributed by atoms with Crippen molar-refractivity contribution in [3.05, 3.63) is 11.6 Å². The van der Waals surface area contributed by atoms with Crippen LogP contribution in [0.2, 0.25) is 0 Å². The maximum atomic E-state index is 12.4. The van der Waals surface area contributed by atoms with Gasteiger partial charge in [0.1, 0.15) is 5.78 Å². The van der Waals surface area contributed by atoms with Crippen molar-refractivity contribution in [2.45, 2.75) is 58.8 Å². The van der Waals surface area contributed by atoms with Crippen LogP contribution < -0.4 is 0 Å². The first kappa shape index (κ1) is 15.4. The molecule has 3 nitrogen and oxygen atoms in total. The molecule has 0 aromatic rings. The van der Waals surface area contributed by atoms with E-state index in [0.29, 0.717) is 23.5 Å². The van der Waals surface area contributed by atoms with Crippen LogP contribution in [0, 0.1) is 28.6 Å². The monoisotopic (exact) mass is 315 g/mol. The van der Waals surface area contributed by atoms with Crippen LogP contribution >= 0.6 is 0 Å². The molecular weight excluding hydrogens is 286 g/mol. The summed E-state index contributed by atoms with van der Waals surface area (Å²) in [6.07, 6.45) is 9.38. The summed E-state index contributed by atoms with van der Waals surface area (Å²) >= 11 is 0. The minimum Gasteiger partial charge on any atom is -0.342 e. The Morgan fingerprint density at radius 3 is 2.52 bits per heavy atom. The van der Waals surface area contributed by atoms with Gasteiger partial charge in [0.25, 0.3) is 0 Å². The Balaban J connectivity index is 1.70. The van der Waals surface area contributed by atoms with Gasteiger partial charge in [0, 0.05) is 31.5 Å². The minimum absolute atomic E-state index is 0.0456. The van der Waals surface area contributed by atoms with Crippen molar-refractivity contribution in [3.63, 3.8) is 0 Å². The van der Waals surface area contributed by atoms with Crippen molar-refractivity contribution in [3.8, 4) is 0 Å². The third-order valence-corrected chi connectivity index (χ3v) is 8.09. The van der Waals surface area contributed by atoms with E-state index in [2.05, 4.69) is 13.8 Å². The van der Waals surface area contributed by atoms with Crippen molar-refractivity contribution in [1.29, 1.82) is 0 Å². The smallest absolute Gasteiger partial charge is 0.246 e. The lowest BCUT2D eigenvalue weighted by Gasteiger charge is -2.55. The van der Waals surface area contributed by atoms with Gasteiger partial charge in [0.2, 0.25) is 5.91 Å². The van der Waals surface area contributed by atoms with Crippen LogP contribution in [0.3, 0.4) is 0 Å². The van der Waals surface area contributed by atoms with Gasteiger partial charge in [0.15, 0.2) is 0 Å². The van der Waals surface area contributed by atoms with E-state index in [9.17, 15) is 9.59 Å². The second-order valence-corrected chi connectivity index (χ2v) is 8.93. The zero-order chi connectivity index (χ0) is 16.4. The first-order valence-electron chi connectivity index (χ1n) is 9.36. The molecule has 3 heteroatoms. The number of hydrogen-bond donors (Lipinski definition) is 0. The molecule has 0 unspecified atom stereocenters. The fourth-order valence-electron chi connectivity index (χ4n) is 6.45. The van der Waals surface area contributed by atoms with E-state index in [-0.39, 0.29) is 16.7 Å². The van der Waals surface area contributed by atoms with E-state index in [1.165, 1.54) is 12.0 Å². The van der Waals surface area contributed by atoms with Gasteiger partial charge in [-0.15, -0.1) is 0 Å². The normalized spacial score (nSPS) is 46.7. The molecule has 3 fully saturated rings. The average molecular weight is 315 g/mol. The number of Topliss-reactive ketones (excluding diaryl/α,β-unsaturated/α-hetero) is 1. The maximum Gasteiger partial charge on any atom is 0.246 e. The zero-order valence-corrected chi connectivity index (χ0v) is 14.7. The van der Waals surface area contributed by atoms with Crippen molar-refractivity contribution in [1.82, 2.24) is 4.90 Å². The van der Waals surface area contributed by atoms with Gasteiger partial charge in [-0.05, 0) is 61.7 Å². The molecule has 0 bridgehead atoms. The first-order valence-corrected chi connectivity index (χ1v) is 9.36. The van der Waals surface area contributed by atoms with Gasteiger partial charge < -0.3 is 4.90 Å². The summed E-state index contributed by atoms with van der Waals surface area (Å²) in [7, 11) is 1.92. The van der Waals surface area contributed by atoms with E-state index in [0.717, 1.165) is 45.1 Å². The topological polar surface area (TPSA) is 37.4 Å². The molecule has 3 saturated carbocycles. The number of ketones is 1. The summed E-state index contributed by atoms with van der Waals surface area (Å²) in [5, 5.41) is 0. The highest BCUT2D eigenvalue weighted by atomic mass is 16.2. The molecule has 23 heavy (non-hydrogen) atoms. The molecule has 0 aromatic carbocycles. The highest BCUT2D eigenvalue weighted by Gasteiger charge is 2.58. The molecule has 1 aliphatic heterocycles. The number of amides is 1. The van der Waals surface area contributed by atoms with E-state index < -0.39 is 0 Å². The zero-order valence-electron chi connectivity index (χ0n) is 14.7. The molecule has 5 atom stereocenters. The summed E-state index contributed by atoms with van der Waals surface area (Å²) < 4.78 is 0. The van der Waals surface area contributed by atoms with Gasteiger partial charge >= 0.3 is 0 Å². The molecule has 0 aromatic heterocycles. The Bertz CT molecular complexity index is 594. The summed E-state index contributed by atoms with van der Waals surface area (Å²) in [5.41, 5.74) is 1.51. The number of nitrogens with zero attached hydrogens (tertiary/aromatic N) is 1. The lowest BCUT2D eigenvalue weighted by molar-refractivity contribution is -0.132. The van der Waals surface area contributed by atoms with Crippen LogP contribution in [0.25, 0.3) is 0 Å². The van der Waals surface area contributed by atoms with Crippen molar-refractivity contribution in [2.24, 2.45) is 28.6 Å². The molecule has 0 saturated heterocycles. The molecule has 126 valence electrons. The molecular formula is C20H29NO2. The van der Waals surface area contributed by atoms with Crippen LogP contribution in [-0.4, -0.2) is 30.2 Å². The Labute approximate surface area is 139 Å². The van der Waals surface area contributed by atoms with Gasteiger partial charge in [-0.1, -0.05) is 19.4 Å². The molecule has 4 rings (SSSR count). The maximum absolute atomic E-state index is 12.4. The van der Waals surface area contributed by atoms with Crippen molar-refractivity contribution < 1.29 is 9.59 Å². The third-order valence-electron chi connectivity index (χ3n) is 8.09.